The number of nitrogens with zero attached hydrogens (tertiary/aromatic N) is 1. The molecule has 0 aliphatic heterocycles. The summed E-state index contributed by atoms with van der Waals surface area (Å²) in [6, 6.07) is 10.1. The highest BCUT2D eigenvalue weighted by molar-refractivity contribution is 5.38. The summed E-state index contributed by atoms with van der Waals surface area (Å²) in [5, 5.41) is 3.27. The Morgan fingerprint density at radius 2 is 2.00 bits per heavy atom. The van der Waals surface area contributed by atoms with Crippen LogP contribution in [0.3, 0.4) is 0 Å². The minimum absolute atomic E-state index is 0.632. The van der Waals surface area contributed by atoms with Gasteiger partial charge in [-0.3, -0.25) is 0 Å². The monoisotopic (exact) mass is 256 g/mol. The zero-order valence-corrected chi connectivity index (χ0v) is 11.7. The van der Waals surface area contributed by atoms with E-state index in [4.69, 9.17) is 4.74 Å². The number of aromatic nitrogens is 1. The van der Waals surface area contributed by atoms with Crippen molar-refractivity contribution < 1.29 is 4.74 Å². The van der Waals surface area contributed by atoms with Gasteiger partial charge in [-0.1, -0.05) is 30.7 Å². The molecule has 0 radical (unpaired) electrons. The zero-order valence-electron chi connectivity index (χ0n) is 11.7. The third-order valence-corrected chi connectivity index (χ3v) is 2.92. The first-order valence-electron chi connectivity index (χ1n) is 6.60. The molecule has 0 saturated heterocycles. The van der Waals surface area contributed by atoms with E-state index in [9.17, 15) is 0 Å². The minimum atomic E-state index is 0.632. The summed E-state index contributed by atoms with van der Waals surface area (Å²) in [6.45, 7) is 8.01. The Morgan fingerprint density at radius 3 is 2.63 bits per heavy atom. The van der Waals surface area contributed by atoms with E-state index in [0.29, 0.717) is 5.88 Å². The Morgan fingerprint density at radius 1 is 1.16 bits per heavy atom. The summed E-state index contributed by atoms with van der Waals surface area (Å²) in [5.74, 6) is 1.49. The summed E-state index contributed by atoms with van der Waals surface area (Å²) in [5.41, 5.74) is 3.52. The van der Waals surface area contributed by atoms with E-state index in [-0.39, 0.29) is 0 Å². The standard InChI is InChI=1S/C16H20N2O/c1-4-17-10-14-6-8-16(18-11-14)19-15-7-5-12(2)9-13(15)3/h5-9,11,17H,4,10H2,1-3H3. The van der Waals surface area contributed by atoms with Crippen molar-refractivity contribution in [3.05, 3.63) is 53.2 Å². The number of hydrogen-bond acceptors (Lipinski definition) is 3. The van der Waals surface area contributed by atoms with Crippen LogP contribution in [0.1, 0.15) is 23.6 Å². The molecule has 1 heterocycles. The highest BCUT2D eigenvalue weighted by Gasteiger charge is 2.02. The smallest absolute Gasteiger partial charge is 0.219 e. The normalized spacial score (nSPS) is 10.5. The molecule has 1 aromatic heterocycles. The van der Waals surface area contributed by atoms with E-state index in [0.717, 1.165) is 30.0 Å². The molecule has 3 heteroatoms. The predicted octanol–water partition coefficient (Wildman–Crippen LogP) is 3.60. The second-order valence-electron chi connectivity index (χ2n) is 4.66. The van der Waals surface area contributed by atoms with Gasteiger partial charge in [0.1, 0.15) is 5.75 Å². The molecule has 1 N–H and O–H groups in total. The Balaban J connectivity index is 2.06. The largest absolute Gasteiger partial charge is 0.439 e. The highest BCUT2D eigenvalue weighted by Crippen LogP contribution is 2.24. The molecule has 100 valence electrons. The van der Waals surface area contributed by atoms with E-state index in [1.165, 1.54) is 5.56 Å². The lowest BCUT2D eigenvalue weighted by atomic mass is 10.1. The van der Waals surface area contributed by atoms with Crippen LogP contribution < -0.4 is 10.1 Å². The molecule has 0 spiro atoms. The molecule has 2 aromatic rings. The lowest BCUT2D eigenvalue weighted by Gasteiger charge is -2.09. The van der Waals surface area contributed by atoms with Crippen molar-refractivity contribution in [3.63, 3.8) is 0 Å². The SMILES string of the molecule is CCNCc1ccc(Oc2ccc(C)cc2C)nc1. The van der Waals surface area contributed by atoms with E-state index >= 15 is 0 Å². The number of rotatable bonds is 5. The van der Waals surface area contributed by atoms with E-state index in [1.54, 1.807) is 0 Å². The van der Waals surface area contributed by atoms with Gasteiger partial charge in [-0.2, -0.15) is 0 Å². The molecule has 3 nitrogen and oxygen atoms in total. The highest BCUT2D eigenvalue weighted by atomic mass is 16.5. The van der Waals surface area contributed by atoms with Gasteiger partial charge >= 0.3 is 0 Å². The van der Waals surface area contributed by atoms with E-state index in [1.807, 2.05) is 37.4 Å². The zero-order chi connectivity index (χ0) is 13.7. The molecule has 19 heavy (non-hydrogen) atoms. The third kappa shape index (κ3) is 3.80. The van der Waals surface area contributed by atoms with Gasteiger partial charge in [0.25, 0.3) is 0 Å². The first-order chi connectivity index (χ1) is 9.19. The summed E-state index contributed by atoms with van der Waals surface area (Å²) in [4.78, 5) is 4.33. The van der Waals surface area contributed by atoms with Crippen molar-refractivity contribution in [2.75, 3.05) is 6.54 Å². The Labute approximate surface area is 114 Å². The van der Waals surface area contributed by atoms with Crippen molar-refractivity contribution in [1.29, 1.82) is 0 Å². The molecule has 0 bridgehead atoms. The third-order valence-electron chi connectivity index (χ3n) is 2.92. The van der Waals surface area contributed by atoms with Crippen molar-refractivity contribution in [2.45, 2.75) is 27.3 Å². The molecule has 0 aliphatic carbocycles. The fraction of sp³-hybridized carbons (Fsp3) is 0.312. The van der Waals surface area contributed by atoms with Gasteiger partial charge in [0.15, 0.2) is 0 Å². The van der Waals surface area contributed by atoms with Crippen LogP contribution in [-0.4, -0.2) is 11.5 Å². The molecule has 2 rings (SSSR count). The predicted molar refractivity (Wildman–Crippen MR) is 77.6 cm³/mol. The van der Waals surface area contributed by atoms with Crippen molar-refractivity contribution >= 4 is 0 Å². The molecule has 0 amide bonds. The molecule has 0 aliphatic rings. The van der Waals surface area contributed by atoms with Gasteiger partial charge < -0.3 is 10.1 Å². The van der Waals surface area contributed by atoms with Gasteiger partial charge in [0.05, 0.1) is 0 Å². The number of benzene rings is 1. The van der Waals surface area contributed by atoms with Crippen molar-refractivity contribution in [2.24, 2.45) is 0 Å². The van der Waals surface area contributed by atoms with Crippen molar-refractivity contribution in [1.82, 2.24) is 10.3 Å². The van der Waals surface area contributed by atoms with Crippen LogP contribution in [0, 0.1) is 13.8 Å². The molecule has 0 unspecified atom stereocenters. The molecule has 0 fully saturated rings. The maximum atomic E-state index is 5.79. The van der Waals surface area contributed by atoms with E-state index < -0.39 is 0 Å². The van der Waals surface area contributed by atoms with Crippen molar-refractivity contribution in [3.8, 4) is 11.6 Å². The Kier molecular flexibility index (Phi) is 4.53. The quantitative estimate of drug-likeness (QED) is 0.887. The van der Waals surface area contributed by atoms with Crippen LogP contribution in [0.25, 0.3) is 0 Å². The summed E-state index contributed by atoms with van der Waals surface area (Å²) >= 11 is 0. The first-order valence-corrected chi connectivity index (χ1v) is 6.60. The molecule has 1 aromatic carbocycles. The number of aryl methyl sites for hydroxylation is 2. The summed E-state index contributed by atoms with van der Waals surface area (Å²) < 4.78 is 5.79. The summed E-state index contributed by atoms with van der Waals surface area (Å²) in [7, 11) is 0. The lowest BCUT2D eigenvalue weighted by Crippen LogP contribution is -2.11. The fourth-order valence-corrected chi connectivity index (χ4v) is 1.87. The maximum absolute atomic E-state index is 5.79. The second kappa shape index (κ2) is 6.34. The van der Waals surface area contributed by atoms with Gasteiger partial charge in [0, 0.05) is 18.8 Å². The van der Waals surface area contributed by atoms with Crippen LogP contribution >= 0.6 is 0 Å². The number of ether oxygens (including phenoxy) is 1. The van der Waals surface area contributed by atoms with Crippen LogP contribution in [0.15, 0.2) is 36.5 Å². The molecular formula is C16H20N2O. The van der Waals surface area contributed by atoms with Crippen LogP contribution in [0.2, 0.25) is 0 Å². The van der Waals surface area contributed by atoms with E-state index in [2.05, 4.69) is 30.2 Å². The topological polar surface area (TPSA) is 34.1 Å². The van der Waals surface area contributed by atoms with Gasteiger partial charge in [-0.15, -0.1) is 0 Å². The lowest BCUT2D eigenvalue weighted by molar-refractivity contribution is 0.458. The van der Waals surface area contributed by atoms with Gasteiger partial charge in [-0.05, 0) is 37.6 Å². The Hall–Kier alpha value is -1.87. The number of hydrogen-bond donors (Lipinski definition) is 1. The van der Waals surface area contributed by atoms with Gasteiger partial charge in [0.2, 0.25) is 5.88 Å². The first kappa shape index (κ1) is 13.6. The second-order valence-corrected chi connectivity index (χ2v) is 4.66. The van der Waals surface area contributed by atoms with Crippen LogP contribution in [-0.2, 0) is 6.54 Å². The number of pyridine rings is 1. The fourth-order valence-electron chi connectivity index (χ4n) is 1.87. The Bertz CT molecular complexity index is 535. The summed E-state index contributed by atoms with van der Waals surface area (Å²) in [6.07, 6.45) is 1.85. The molecule has 0 saturated carbocycles. The molecular weight excluding hydrogens is 236 g/mol. The van der Waals surface area contributed by atoms with Crippen LogP contribution in [0.5, 0.6) is 11.6 Å². The molecule has 0 atom stereocenters. The average molecular weight is 256 g/mol. The number of nitrogens with one attached hydrogen (secondary N) is 1. The minimum Gasteiger partial charge on any atom is -0.439 e. The maximum Gasteiger partial charge on any atom is 0.219 e. The average Bonchev–Trinajstić information content (AvgIpc) is 2.41. The van der Waals surface area contributed by atoms with Crippen LogP contribution in [0.4, 0.5) is 0 Å². The van der Waals surface area contributed by atoms with Gasteiger partial charge in [-0.25, -0.2) is 4.98 Å².